The van der Waals surface area contributed by atoms with Crippen LogP contribution in [0.15, 0.2) is 18.2 Å². The Kier molecular flexibility index (Phi) is 6.18. The number of nitrogens with zero attached hydrogens (tertiary/aromatic N) is 3. The quantitative estimate of drug-likeness (QED) is 0.816. The number of piperidine rings is 1. The molecule has 0 radical (unpaired) electrons. The van der Waals surface area contributed by atoms with E-state index in [-0.39, 0.29) is 5.91 Å². The van der Waals surface area contributed by atoms with Crippen molar-refractivity contribution < 1.29 is 19.0 Å². The Morgan fingerprint density at radius 1 is 0.964 bits per heavy atom. The molecule has 1 saturated heterocycles. The zero-order valence-electron chi connectivity index (χ0n) is 16.7. The van der Waals surface area contributed by atoms with Crippen molar-refractivity contribution in [3.05, 3.63) is 29.6 Å². The van der Waals surface area contributed by atoms with Crippen LogP contribution >= 0.6 is 0 Å². The van der Waals surface area contributed by atoms with Crippen molar-refractivity contribution in [1.29, 1.82) is 0 Å². The first kappa shape index (κ1) is 19.7. The van der Waals surface area contributed by atoms with Crippen molar-refractivity contribution in [2.45, 2.75) is 26.2 Å². The Balaban J connectivity index is 1.86. The molecular formula is C20H26N4O4. The molecule has 0 unspecified atom stereocenters. The lowest BCUT2D eigenvalue weighted by molar-refractivity contribution is 0.102. The fourth-order valence-corrected chi connectivity index (χ4v) is 3.25. The van der Waals surface area contributed by atoms with E-state index in [1.807, 2.05) is 6.92 Å². The van der Waals surface area contributed by atoms with E-state index in [2.05, 4.69) is 20.2 Å². The van der Waals surface area contributed by atoms with Crippen molar-refractivity contribution in [1.82, 2.24) is 9.97 Å². The summed E-state index contributed by atoms with van der Waals surface area (Å²) in [6, 6.07) is 5.04. The molecule has 8 nitrogen and oxygen atoms in total. The van der Waals surface area contributed by atoms with E-state index in [4.69, 9.17) is 14.2 Å². The van der Waals surface area contributed by atoms with Crippen molar-refractivity contribution in [3.8, 4) is 17.2 Å². The first-order chi connectivity index (χ1) is 13.5. The van der Waals surface area contributed by atoms with Gasteiger partial charge in [0.05, 0.1) is 21.3 Å². The fourth-order valence-electron chi connectivity index (χ4n) is 3.25. The van der Waals surface area contributed by atoms with Crippen LogP contribution in [0.1, 0.15) is 35.4 Å². The van der Waals surface area contributed by atoms with Gasteiger partial charge in [0.25, 0.3) is 5.91 Å². The van der Waals surface area contributed by atoms with E-state index in [0.29, 0.717) is 34.6 Å². The summed E-state index contributed by atoms with van der Waals surface area (Å²) in [6.45, 7) is 3.69. The van der Waals surface area contributed by atoms with Gasteiger partial charge in [-0.05, 0) is 32.3 Å². The highest BCUT2D eigenvalue weighted by Crippen LogP contribution is 2.40. The Bertz CT molecular complexity index is 825. The van der Waals surface area contributed by atoms with Crippen LogP contribution in [0.5, 0.6) is 17.2 Å². The molecule has 1 aromatic heterocycles. The maximum absolute atomic E-state index is 12.8. The van der Waals surface area contributed by atoms with Crippen molar-refractivity contribution >= 4 is 17.5 Å². The van der Waals surface area contributed by atoms with E-state index >= 15 is 0 Å². The minimum atomic E-state index is -0.321. The van der Waals surface area contributed by atoms with E-state index < -0.39 is 0 Å². The van der Waals surface area contributed by atoms with Crippen LogP contribution in [-0.2, 0) is 0 Å². The number of carbonyl (C=O) groups excluding carboxylic acids is 1. The van der Waals surface area contributed by atoms with Gasteiger partial charge in [0, 0.05) is 36.6 Å². The van der Waals surface area contributed by atoms with Crippen LogP contribution < -0.4 is 24.4 Å². The van der Waals surface area contributed by atoms with Crippen LogP contribution in [0.25, 0.3) is 0 Å². The fraction of sp³-hybridized carbons (Fsp3) is 0.450. The lowest BCUT2D eigenvalue weighted by Gasteiger charge is -2.27. The molecule has 1 aliphatic rings. The second-order valence-electron chi connectivity index (χ2n) is 6.61. The van der Waals surface area contributed by atoms with Gasteiger partial charge >= 0.3 is 0 Å². The molecule has 3 rings (SSSR count). The third-order valence-electron chi connectivity index (χ3n) is 4.64. The maximum atomic E-state index is 12.8. The monoisotopic (exact) mass is 386 g/mol. The molecule has 8 heteroatoms. The van der Waals surface area contributed by atoms with Gasteiger partial charge in [0.15, 0.2) is 11.5 Å². The molecule has 0 saturated carbocycles. The molecule has 0 bridgehead atoms. The Morgan fingerprint density at radius 2 is 1.61 bits per heavy atom. The van der Waals surface area contributed by atoms with Crippen LogP contribution in [0.3, 0.4) is 0 Å². The second-order valence-corrected chi connectivity index (χ2v) is 6.61. The summed E-state index contributed by atoms with van der Waals surface area (Å²) in [5, 5.41) is 2.85. The average Bonchev–Trinajstić information content (AvgIpc) is 2.73. The number of anilines is 2. The second kappa shape index (κ2) is 8.77. The number of nitrogens with one attached hydrogen (secondary N) is 1. The number of hydrogen-bond donors (Lipinski definition) is 1. The number of aromatic nitrogens is 2. The van der Waals surface area contributed by atoms with Crippen LogP contribution in [0.4, 0.5) is 11.6 Å². The molecule has 2 heterocycles. The van der Waals surface area contributed by atoms with E-state index in [9.17, 15) is 4.79 Å². The van der Waals surface area contributed by atoms with Gasteiger partial charge in [-0.3, -0.25) is 4.79 Å². The lowest BCUT2D eigenvalue weighted by atomic mass is 10.1. The largest absolute Gasteiger partial charge is 0.493 e. The van der Waals surface area contributed by atoms with Crippen LogP contribution in [-0.4, -0.2) is 50.3 Å². The Hall–Kier alpha value is -3.03. The molecular weight excluding hydrogens is 360 g/mol. The summed E-state index contributed by atoms with van der Waals surface area (Å²) in [6.07, 6.45) is 3.45. The molecule has 1 N–H and O–H groups in total. The molecule has 150 valence electrons. The first-order valence-electron chi connectivity index (χ1n) is 9.27. The number of rotatable bonds is 6. The van der Waals surface area contributed by atoms with E-state index in [1.165, 1.54) is 27.8 Å². The SMILES string of the molecule is COc1cc(NC(=O)c2cc(C)nc(N3CCCCC3)n2)cc(OC)c1OC. The standard InChI is InChI=1S/C20H26N4O4/c1-13-10-15(23-20(21-13)24-8-6-5-7-9-24)19(25)22-14-11-16(26-2)18(28-4)17(12-14)27-3/h10-12H,5-9H2,1-4H3,(H,22,25). The van der Waals surface area contributed by atoms with Crippen LogP contribution in [0, 0.1) is 6.92 Å². The van der Waals surface area contributed by atoms with E-state index in [1.54, 1.807) is 18.2 Å². The molecule has 1 fully saturated rings. The number of ether oxygens (including phenoxy) is 3. The number of methoxy groups -OCH3 is 3. The summed E-state index contributed by atoms with van der Waals surface area (Å²) >= 11 is 0. The summed E-state index contributed by atoms with van der Waals surface area (Å²) in [5.74, 6) is 1.68. The molecule has 1 aromatic carbocycles. The van der Waals surface area contributed by atoms with Crippen molar-refractivity contribution in [2.24, 2.45) is 0 Å². The summed E-state index contributed by atoms with van der Waals surface area (Å²) in [4.78, 5) is 23.9. The number of amides is 1. The highest BCUT2D eigenvalue weighted by Gasteiger charge is 2.19. The normalized spacial score (nSPS) is 13.8. The molecule has 1 amide bonds. The zero-order chi connectivity index (χ0) is 20.1. The predicted molar refractivity (Wildman–Crippen MR) is 107 cm³/mol. The number of carbonyl (C=O) groups is 1. The molecule has 0 aliphatic carbocycles. The third-order valence-corrected chi connectivity index (χ3v) is 4.64. The minimum Gasteiger partial charge on any atom is -0.493 e. The molecule has 1 aliphatic heterocycles. The van der Waals surface area contributed by atoms with Gasteiger partial charge in [0.1, 0.15) is 5.69 Å². The topological polar surface area (TPSA) is 85.8 Å². The van der Waals surface area contributed by atoms with Gasteiger partial charge in [-0.25, -0.2) is 9.97 Å². The smallest absolute Gasteiger partial charge is 0.274 e. The lowest BCUT2D eigenvalue weighted by Crippen LogP contribution is -2.31. The van der Waals surface area contributed by atoms with Gasteiger partial charge < -0.3 is 24.4 Å². The zero-order valence-corrected chi connectivity index (χ0v) is 16.7. The van der Waals surface area contributed by atoms with E-state index in [0.717, 1.165) is 31.6 Å². The Morgan fingerprint density at radius 3 is 2.18 bits per heavy atom. The number of hydrogen-bond acceptors (Lipinski definition) is 7. The predicted octanol–water partition coefficient (Wildman–Crippen LogP) is 3.05. The first-order valence-corrected chi connectivity index (χ1v) is 9.27. The maximum Gasteiger partial charge on any atom is 0.274 e. The summed E-state index contributed by atoms with van der Waals surface area (Å²) < 4.78 is 16.0. The minimum absolute atomic E-state index is 0.321. The molecule has 28 heavy (non-hydrogen) atoms. The molecule has 0 spiro atoms. The van der Waals surface area contributed by atoms with Crippen molar-refractivity contribution in [3.63, 3.8) is 0 Å². The number of aryl methyl sites for hydroxylation is 1. The van der Waals surface area contributed by atoms with Gasteiger partial charge in [-0.1, -0.05) is 0 Å². The van der Waals surface area contributed by atoms with Gasteiger partial charge in [0.2, 0.25) is 11.7 Å². The third kappa shape index (κ3) is 4.27. The molecule has 0 atom stereocenters. The molecule has 2 aromatic rings. The van der Waals surface area contributed by atoms with Crippen LogP contribution in [0.2, 0.25) is 0 Å². The highest BCUT2D eigenvalue weighted by molar-refractivity contribution is 6.03. The van der Waals surface area contributed by atoms with Gasteiger partial charge in [-0.2, -0.15) is 0 Å². The number of benzene rings is 1. The average molecular weight is 386 g/mol. The van der Waals surface area contributed by atoms with Gasteiger partial charge in [-0.15, -0.1) is 0 Å². The summed E-state index contributed by atoms with van der Waals surface area (Å²) in [7, 11) is 4.59. The Labute approximate surface area is 164 Å². The summed E-state index contributed by atoms with van der Waals surface area (Å²) in [5.41, 5.74) is 1.60. The van der Waals surface area contributed by atoms with Crippen molar-refractivity contribution in [2.75, 3.05) is 44.6 Å². The highest BCUT2D eigenvalue weighted by atomic mass is 16.5.